The van der Waals surface area contributed by atoms with E-state index in [1.165, 1.54) is 75.9 Å². The molecule has 0 saturated carbocycles. The highest BCUT2D eigenvalue weighted by molar-refractivity contribution is 7.92. The van der Waals surface area contributed by atoms with E-state index in [-0.39, 0.29) is 33.6 Å². The Labute approximate surface area is 208 Å². The summed E-state index contributed by atoms with van der Waals surface area (Å²) in [6.07, 6.45) is 0. The van der Waals surface area contributed by atoms with Crippen LogP contribution in [0.5, 0.6) is 17.2 Å². The molecule has 0 radical (unpaired) electrons. The monoisotopic (exact) mass is 522 g/mol. The number of carbonyl (C=O) groups is 1. The van der Waals surface area contributed by atoms with Crippen molar-refractivity contribution in [3.05, 3.63) is 77.1 Å². The molecule has 0 unspecified atom stereocenters. The first-order valence-corrected chi connectivity index (χ1v) is 12.1. The van der Waals surface area contributed by atoms with Gasteiger partial charge < -0.3 is 19.5 Å². The van der Waals surface area contributed by atoms with Crippen LogP contribution in [0.4, 0.5) is 10.1 Å². The molecule has 0 atom stereocenters. The number of carbonyl (C=O) groups excluding carboxylic acids is 1. The molecule has 0 aliphatic rings. The molecule has 3 aromatic rings. The number of nitrogens with zero attached hydrogens (tertiary/aromatic N) is 1. The van der Waals surface area contributed by atoms with Gasteiger partial charge in [-0.3, -0.25) is 9.10 Å². The van der Waals surface area contributed by atoms with Gasteiger partial charge in [-0.15, -0.1) is 0 Å². The van der Waals surface area contributed by atoms with E-state index in [4.69, 9.17) is 25.8 Å². The van der Waals surface area contributed by atoms with Crippen LogP contribution in [-0.4, -0.2) is 42.2 Å². The molecular weight excluding hydrogens is 499 g/mol. The molecule has 1 amide bonds. The number of rotatable bonds is 10. The number of benzene rings is 3. The standard InChI is InChI=1S/C24H24ClFN2O6S/c1-32-21-9-7-17(25)12-20(21)28(15-24(29)27-14-16-5-4-6-18(26)11-16)35(30,31)19-8-10-22(33-2)23(13-19)34-3/h4-13H,14-15H2,1-3H3,(H,27,29). The van der Waals surface area contributed by atoms with E-state index in [1.54, 1.807) is 6.07 Å². The van der Waals surface area contributed by atoms with Crippen molar-refractivity contribution in [2.24, 2.45) is 0 Å². The SMILES string of the molecule is COc1ccc(S(=O)(=O)N(CC(=O)NCc2cccc(F)c2)c2cc(Cl)ccc2OC)cc1OC. The Morgan fingerprint density at radius 3 is 2.29 bits per heavy atom. The van der Waals surface area contributed by atoms with Crippen LogP contribution < -0.4 is 23.8 Å². The smallest absolute Gasteiger partial charge is 0.265 e. The molecule has 0 heterocycles. The van der Waals surface area contributed by atoms with E-state index in [0.717, 1.165) is 4.31 Å². The van der Waals surface area contributed by atoms with E-state index in [2.05, 4.69) is 5.32 Å². The molecule has 11 heteroatoms. The van der Waals surface area contributed by atoms with Crippen LogP contribution in [-0.2, 0) is 21.4 Å². The maximum Gasteiger partial charge on any atom is 0.265 e. The Morgan fingerprint density at radius 1 is 0.943 bits per heavy atom. The van der Waals surface area contributed by atoms with Gasteiger partial charge in [0.25, 0.3) is 10.0 Å². The van der Waals surface area contributed by atoms with Crippen LogP contribution in [0.2, 0.25) is 5.02 Å². The van der Waals surface area contributed by atoms with Gasteiger partial charge >= 0.3 is 0 Å². The lowest BCUT2D eigenvalue weighted by Crippen LogP contribution is -2.41. The van der Waals surface area contributed by atoms with Crippen LogP contribution in [0.1, 0.15) is 5.56 Å². The molecule has 3 rings (SSSR count). The summed E-state index contributed by atoms with van der Waals surface area (Å²) < 4.78 is 57.6. The fourth-order valence-electron chi connectivity index (χ4n) is 3.30. The first-order valence-electron chi connectivity index (χ1n) is 10.3. The lowest BCUT2D eigenvalue weighted by Gasteiger charge is -2.26. The third kappa shape index (κ3) is 6.14. The molecule has 186 valence electrons. The van der Waals surface area contributed by atoms with E-state index in [1.807, 2.05) is 0 Å². The van der Waals surface area contributed by atoms with Crippen molar-refractivity contribution in [3.63, 3.8) is 0 Å². The Kier molecular flexibility index (Phi) is 8.42. The second-order valence-electron chi connectivity index (χ2n) is 7.25. The van der Waals surface area contributed by atoms with Crippen LogP contribution in [0.15, 0.2) is 65.6 Å². The van der Waals surface area contributed by atoms with E-state index in [0.29, 0.717) is 11.3 Å². The van der Waals surface area contributed by atoms with Crippen molar-refractivity contribution in [2.75, 3.05) is 32.2 Å². The lowest BCUT2D eigenvalue weighted by atomic mass is 10.2. The minimum Gasteiger partial charge on any atom is -0.495 e. The van der Waals surface area contributed by atoms with Gasteiger partial charge in [-0.25, -0.2) is 12.8 Å². The fraction of sp³-hybridized carbons (Fsp3) is 0.208. The summed E-state index contributed by atoms with van der Waals surface area (Å²) in [7, 11) is -0.125. The van der Waals surface area contributed by atoms with Crippen molar-refractivity contribution in [1.29, 1.82) is 0 Å². The molecule has 35 heavy (non-hydrogen) atoms. The number of halogens is 2. The molecule has 8 nitrogen and oxygen atoms in total. The van der Waals surface area contributed by atoms with Gasteiger partial charge in [0, 0.05) is 17.6 Å². The zero-order valence-electron chi connectivity index (χ0n) is 19.2. The molecule has 0 spiro atoms. The molecule has 0 bridgehead atoms. The number of anilines is 1. The zero-order chi connectivity index (χ0) is 25.6. The van der Waals surface area contributed by atoms with Crippen LogP contribution in [0.3, 0.4) is 0 Å². The van der Waals surface area contributed by atoms with E-state index >= 15 is 0 Å². The van der Waals surface area contributed by atoms with Gasteiger partial charge in [-0.2, -0.15) is 0 Å². The van der Waals surface area contributed by atoms with Crippen LogP contribution in [0.25, 0.3) is 0 Å². The quantitative estimate of drug-likeness (QED) is 0.432. The Morgan fingerprint density at radius 2 is 1.63 bits per heavy atom. The lowest BCUT2D eigenvalue weighted by molar-refractivity contribution is -0.119. The van der Waals surface area contributed by atoms with Gasteiger partial charge in [0.2, 0.25) is 5.91 Å². The van der Waals surface area contributed by atoms with Gasteiger partial charge in [0.05, 0.1) is 31.9 Å². The molecule has 1 N–H and O–H groups in total. The minimum atomic E-state index is -4.31. The summed E-state index contributed by atoms with van der Waals surface area (Å²) in [6.45, 7) is -0.587. The van der Waals surface area contributed by atoms with Gasteiger partial charge in [-0.1, -0.05) is 23.7 Å². The fourth-order valence-corrected chi connectivity index (χ4v) is 4.90. The summed E-state index contributed by atoms with van der Waals surface area (Å²) in [5.74, 6) is -0.344. The summed E-state index contributed by atoms with van der Waals surface area (Å²) >= 11 is 6.14. The Hall–Kier alpha value is -3.50. The maximum absolute atomic E-state index is 13.7. The highest BCUT2D eigenvalue weighted by Crippen LogP contribution is 2.36. The number of nitrogens with one attached hydrogen (secondary N) is 1. The number of methoxy groups -OCH3 is 3. The van der Waals surface area contributed by atoms with Gasteiger partial charge in [0.15, 0.2) is 11.5 Å². The minimum absolute atomic E-state index is 0.00746. The average Bonchev–Trinajstić information content (AvgIpc) is 2.85. The van der Waals surface area contributed by atoms with Gasteiger partial charge in [0.1, 0.15) is 18.1 Å². The summed E-state index contributed by atoms with van der Waals surface area (Å²) in [5.41, 5.74) is 0.587. The molecule has 0 saturated heterocycles. The first-order chi connectivity index (χ1) is 16.7. The maximum atomic E-state index is 13.7. The predicted octanol–water partition coefficient (Wildman–Crippen LogP) is 4.02. The molecule has 0 aliphatic heterocycles. The van der Waals surface area contributed by atoms with Crippen molar-refractivity contribution < 1.29 is 31.8 Å². The van der Waals surface area contributed by atoms with E-state index in [9.17, 15) is 17.6 Å². The normalized spacial score (nSPS) is 11.0. The molecule has 0 aromatic heterocycles. The number of amides is 1. The Bertz CT molecular complexity index is 1320. The third-order valence-corrected chi connectivity index (χ3v) is 7.01. The van der Waals surface area contributed by atoms with Crippen molar-refractivity contribution in [1.82, 2.24) is 5.32 Å². The number of sulfonamides is 1. The molecule has 0 fully saturated rings. The number of ether oxygens (including phenoxy) is 3. The van der Waals surface area contributed by atoms with Crippen molar-refractivity contribution >= 4 is 33.2 Å². The largest absolute Gasteiger partial charge is 0.495 e. The summed E-state index contributed by atoms with van der Waals surface area (Å²) in [4.78, 5) is 12.7. The van der Waals surface area contributed by atoms with Crippen molar-refractivity contribution in [2.45, 2.75) is 11.4 Å². The van der Waals surface area contributed by atoms with Crippen LogP contribution >= 0.6 is 11.6 Å². The molecule has 0 aliphatic carbocycles. The second-order valence-corrected chi connectivity index (χ2v) is 9.55. The van der Waals surface area contributed by atoms with Gasteiger partial charge in [-0.05, 0) is 48.0 Å². The highest BCUT2D eigenvalue weighted by atomic mass is 35.5. The third-order valence-electron chi connectivity index (χ3n) is 5.02. The first kappa shape index (κ1) is 26.1. The topological polar surface area (TPSA) is 94.2 Å². The molecular formula is C24H24ClFN2O6S. The highest BCUT2D eigenvalue weighted by Gasteiger charge is 2.30. The van der Waals surface area contributed by atoms with Crippen LogP contribution in [0, 0.1) is 5.82 Å². The molecule has 3 aromatic carbocycles. The zero-order valence-corrected chi connectivity index (χ0v) is 20.8. The number of hydrogen-bond acceptors (Lipinski definition) is 6. The van der Waals surface area contributed by atoms with Crippen molar-refractivity contribution in [3.8, 4) is 17.2 Å². The van der Waals surface area contributed by atoms with E-state index < -0.39 is 28.3 Å². The second kappa shape index (κ2) is 11.3. The number of hydrogen-bond donors (Lipinski definition) is 1. The summed E-state index contributed by atoms with van der Waals surface area (Å²) in [5, 5.41) is 2.86. The summed E-state index contributed by atoms with van der Waals surface area (Å²) in [6, 6.07) is 14.2. The average molecular weight is 523 g/mol. The predicted molar refractivity (Wildman–Crippen MR) is 130 cm³/mol. The Balaban J connectivity index is 2.00.